The number of H-pyrrole nitrogens is 1. The zero-order valence-electron chi connectivity index (χ0n) is 14.3. The van der Waals surface area contributed by atoms with E-state index in [2.05, 4.69) is 9.97 Å². The van der Waals surface area contributed by atoms with Crippen molar-refractivity contribution in [3.8, 4) is 0 Å². The van der Waals surface area contributed by atoms with Crippen LogP contribution in [0.25, 0.3) is 0 Å². The summed E-state index contributed by atoms with van der Waals surface area (Å²) in [7, 11) is 1.54. The van der Waals surface area contributed by atoms with Crippen molar-refractivity contribution >= 4 is 17.8 Å². The summed E-state index contributed by atoms with van der Waals surface area (Å²) in [6.45, 7) is 5.49. The number of urea groups is 1. The van der Waals surface area contributed by atoms with Crippen LogP contribution < -0.4 is 0 Å². The summed E-state index contributed by atoms with van der Waals surface area (Å²) in [5.41, 5.74) is -0.364. The molecule has 2 aliphatic rings. The van der Waals surface area contributed by atoms with Crippen LogP contribution in [0.5, 0.6) is 0 Å². The van der Waals surface area contributed by atoms with Gasteiger partial charge in [-0.05, 0) is 18.8 Å². The molecule has 0 saturated carbocycles. The standard InChI is InChI=1S/C16H23N5O3/c1-11(2)9-21-15(24)19(3)14(23)16(21)4-6-20(7-5-16)13(22)12-8-17-10-18-12/h8,10-11H,4-7,9H2,1-3H3,(H,17,18). The van der Waals surface area contributed by atoms with Crippen molar-refractivity contribution < 1.29 is 14.4 Å². The molecule has 4 amide bonds. The van der Waals surface area contributed by atoms with Gasteiger partial charge in [0.1, 0.15) is 11.2 Å². The van der Waals surface area contributed by atoms with Gasteiger partial charge < -0.3 is 14.8 Å². The number of piperidine rings is 1. The molecule has 3 rings (SSSR count). The summed E-state index contributed by atoms with van der Waals surface area (Å²) in [5, 5.41) is 0. The zero-order valence-corrected chi connectivity index (χ0v) is 14.3. The van der Waals surface area contributed by atoms with Crippen LogP contribution in [0.1, 0.15) is 37.2 Å². The molecule has 0 aromatic carbocycles. The molecule has 3 heterocycles. The van der Waals surface area contributed by atoms with Crippen molar-refractivity contribution in [2.45, 2.75) is 32.2 Å². The molecule has 0 radical (unpaired) electrons. The maximum absolute atomic E-state index is 12.7. The molecule has 0 bridgehead atoms. The second kappa shape index (κ2) is 5.92. The van der Waals surface area contributed by atoms with Crippen LogP contribution >= 0.6 is 0 Å². The Morgan fingerprint density at radius 2 is 2.00 bits per heavy atom. The van der Waals surface area contributed by atoms with E-state index in [1.165, 1.54) is 24.5 Å². The van der Waals surface area contributed by atoms with Crippen LogP contribution in [-0.2, 0) is 4.79 Å². The van der Waals surface area contributed by atoms with Crippen molar-refractivity contribution in [2.75, 3.05) is 26.7 Å². The molecule has 1 spiro atoms. The van der Waals surface area contributed by atoms with E-state index in [0.29, 0.717) is 38.2 Å². The van der Waals surface area contributed by atoms with E-state index in [4.69, 9.17) is 0 Å². The highest BCUT2D eigenvalue weighted by Crippen LogP contribution is 2.37. The first-order valence-electron chi connectivity index (χ1n) is 8.24. The SMILES string of the molecule is CC(C)CN1C(=O)N(C)C(=O)C12CCN(C(=O)c1cnc[nH]1)CC2. The number of aromatic nitrogens is 2. The fourth-order valence-electron chi connectivity index (χ4n) is 3.60. The molecule has 1 aromatic rings. The fourth-order valence-corrected chi connectivity index (χ4v) is 3.60. The van der Waals surface area contributed by atoms with Crippen LogP contribution in [0.3, 0.4) is 0 Å². The molecule has 8 nitrogen and oxygen atoms in total. The van der Waals surface area contributed by atoms with Gasteiger partial charge in [-0.1, -0.05) is 13.8 Å². The van der Waals surface area contributed by atoms with Crippen LogP contribution in [0.2, 0.25) is 0 Å². The topological polar surface area (TPSA) is 89.6 Å². The smallest absolute Gasteiger partial charge is 0.327 e. The van der Waals surface area contributed by atoms with Gasteiger partial charge in [0.15, 0.2) is 0 Å². The number of likely N-dealkylation sites (N-methyl/N-ethyl adjacent to an activating group) is 1. The first-order chi connectivity index (χ1) is 11.4. The zero-order chi connectivity index (χ0) is 17.5. The van der Waals surface area contributed by atoms with Gasteiger partial charge in [0.25, 0.3) is 11.8 Å². The van der Waals surface area contributed by atoms with Crippen molar-refractivity contribution in [1.29, 1.82) is 0 Å². The van der Waals surface area contributed by atoms with Gasteiger partial charge in [-0.2, -0.15) is 0 Å². The highest BCUT2D eigenvalue weighted by Gasteiger charge is 2.57. The number of likely N-dealkylation sites (tertiary alicyclic amines) is 1. The Morgan fingerprint density at radius 3 is 2.54 bits per heavy atom. The number of rotatable bonds is 3. The summed E-state index contributed by atoms with van der Waals surface area (Å²) >= 11 is 0. The predicted molar refractivity (Wildman–Crippen MR) is 86.2 cm³/mol. The van der Waals surface area contributed by atoms with Crippen LogP contribution in [0.15, 0.2) is 12.5 Å². The molecular weight excluding hydrogens is 310 g/mol. The van der Waals surface area contributed by atoms with Gasteiger partial charge in [0, 0.05) is 26.7 Å². The van der Waals surface area contributed by atoms with Crippen molar-refractivity contribution in [2.24, 2.45) is 5.92 Å². The van der Waals surface area contributed by atoms with Gasteiger partial charge in [-0.3, -0.25) is 14.5 Å². The second-order valence-corrected chi connectivity index (χ2v) is 6.94. The Kier molecular flexibility index (Phi) is 4.06. The van der Waals surface area contributed by atoms with E-state index in [0.717, 1.165) is 0 Å². The number of imide groups is 1. The van der Waals surface area contributed by atoms with Crippen LogP contribution in [-0.4, -0.2) is 74.7 Å². The fraction of sp³-hybridized carbons (Fsp3) is 0.625. The Hall–Kier alpha value is -2.38. The average molecular weight is 333 g/mol. The number of nitrogens with one attached hydrogen (secondary N) is 1. The molecule has 8 heteroatoms. The second-order valence-electron chi connectivity index (χ2n) is 6.94. The number of carbonyl (C=O) groups is 3. The summed E-state index contributed by atoms with van der Waals surface area (Å²) in [4.78, 5) is 48.9. The largest absolute Gasteiger partial charge is 0.341 e. The van der Waals surface area contributed by atoms with E-state index in [9.17, 15) is 14.4 Å². The lowest BCUT2D eigenvalue weighted by Crippen LogP contribution is -2.58. The van der Waals surface area contributed by atoms with Gasteiger partial charge >= 0.3 is 6.03 Å². The minimum atomic E-state index is -0.805. The average Bonchev–Trinajstić information content (AvgIpc) is 3.15. The summed E-state index contributed by atoms with van der Waals surface area (Å²) in [6.07, 6.45) is 3.90. The maximum atomic E-state index is 12.7. The molecule has 0 aliphatic carbocycles. The lowest BCUT2D eigenvalue weighted by Gasteiger charge is -2.42. The molecule has 130 valence electrons. The van der Waals surface area contributed by atoms with E-state index >= 15 is 0 Å². The predicted octanol–water partition coefficient (Wildman–Crippen LogP) is 0.934. The Bertz CT molecular complexity index is 647. The summed E-state index contributed by atoms with van der Waals surface area (Å²) in [6, 6.07) is -0.234. The third kappa shape index (κ3) is 2.46. The molecule has 2 fully saturated rings. The van der Waals surface area contributed by atoms with Crippen molar-refractivity contribution in [1.82, 2.24) is 24.7 Å². The summed E-state index contributed by atoms with van der Waals surface area (Å²) in [5.74, 6) is -0.000504. The number of hydrogen-bond donors (Lipinski definition) is 1. The third-order valence-corrected chi connectivity index (χ3v) is 4.89. The van der Waals surface area contributed by atoms with Gasteiger partial charge in [0.05, 0.1) is 12.5 Å². The third-order valence-electron chi connectivity index (χ3n) is 4.89. The van der Waals surface area contributed by atoms with Crippen LogP contribution in [0.4, 0.5) is 4.79 Å². The van der Waals surface area contributed by atoms with Gasteiger partial charge in [-0.25, -0.2) is 9.78 Å². The minimum Gasteiger partial charge on any atom is -0.341 e. The highest BCUT2D eigenvalue weighted by atomic mass is 16.2. The lowest BCUT2D eigenvalue weighted by atomic mass is 9.85. The monoisotopic (exact) mass is 333 g/mol. The normalized spacial score (nSPS) is 20.6. The first kappa shape index (κ1) is 16.5. The molecule has 2 aliphatic heterocycles. The van der Waals surface area contributed by atoms with Crippen molar-refractivity contribution in [3.05, 3.63) is 18.2 Å². The molecule has 2 saturated heterocycles. The molecule has 24 heavy (non-hydrogen) atoms. The lowest BCUT2D eigenvalue weighted by molar-refractivity contribution is -0.134. The summed E-state index contributed by atoms with van der Waals surface area (Å²) < 4.78 is 0. The number of nitrogens with zero attached hydrogens (tertiary/aromatic N) is 4. The quantitative estimate of drug-likeness (QED) is 0.834. The Labute approximate surface area is 140 Å². The first-order valence-corrected chi connectivity index (χ1v) is 8.24. The van der Waals surface area contributed by atoms with Gasteiger partial charge in [0.2, 0.25) is 0 Å². The molecule has 1 aromatic heterocycles. The van der Waals surface area contributed by atoms with Crippen molar-refractivity contribution in [3.63, 3.8) is 0 Å². The Balaban J connectivity index is 1.78. The Morgan fingerprint density at radius 1 is 1.33 bits per heavy atom. The van der Waals surface area contributed by atoms with Crippen LogP contribution in [0, 0.1) is 5.92 Å². The molecule has 0 unspecified atom stereocenters. The van der Waals surface area contributed by atoms with E-state index in [1.54, 1.807) is 9.80 Å². The molecule has 1 N–H and O–H groups in total. The number of aromatic amines is 1. The number of amides is 4. The molecule has 0 atom stereocenters. The van der Waals surface area contributed by atoms with E-state index in [-0.39, 0.29) is 23.8 Å². The van der Waals surface area contributed by atoms with E-state index in [1.807, 2.05) is 13.8 Å². The number of imidazole rings is 1. The molecular formula is C16H23N5O3. The maximum Gasteiger partial charge on any atom is 0.327 e. The van der Waals surface area contributed by atoms with E-state index < -0.39 is 5.54 Å². The van der Waals surface area contributed by atoms with Gasteiger partial charge in [-0.15, -0.1) is 0 Å². The minimum absolute atomic E-state index is 0.122. The number of carbonyl (C=O) groups excluding carboxylic acids is 3. The number of hydrogen-bond acceptors (Lipinski definition) is 4. The highest BCUT2D eigenvalue weighted by molar-refractivity contribution is 6.07.